The van der Waals surface area contributed by atoms with Gasteiger partial charge in [0, 0.05) is 48.4 Å². The molecular formula is C27H26N4O5. The second-order valence-corrected chi connectivity index (χ2v) is 8.90. The maximum Gasteiger partial charge on any atom is 0.363 e. The Morgan fingerprint density at radius 2 is 1.72 bits per heavy atom. The average Bonchev–Trinajstić information content (AvgIpc) is 3.28. The van der Waals surface area contributed by atoms with Crippen LogP contribution in [0, 0.1) is 6.57 Å². The number of ether oxygens (including phenoxy) is 1. The smallest absolute Gasteiger partial charge is 0.363 e. The fourth-order valence-electron chi connectivity index (χ4n) is 4.29. The van der Waals surface area contributed by atoms with E-state index in [0.29, 0.717) is 31.9 Å². The third-order valence-corrected chi connectivity index (χ3v) is 6.29. The van der Waals surface area contributed by atoms with Crippen molar-refractivity contribution in [3.63, 3.8) is 0 Å². The number of carbonyl (C=O) groups excluding carboxylic acids is 3. The van der Waals surface area contributed by atoms with Crippen molar-refractivity contribution in [3.8, 4) is 5.69 Å². The lowest BCUT2D eigenvalue weighted by Gasteiger charge is -2.39. The number of rotatable bonds is 7. The zero-order valence-corrected chi connectivity index (χ0v) is 20.4. The van der Waals surface area contributed by atoms with Crippen LogP contribution in [0.15, 0.2) is 59.9 Å². The molecule has 0 bridgehead atoms. The molecule has 1 saturated heterocycles. The molecule has 0 amide bonds. The highest BCUT2D eigenvalue weighted by molar-refractivity contribution is 6.48. The number of aromatic nitrogens is 1. The van der Waals surface area contributed by atoms with Crippen molar-refractivity contribution in [2.75, 3.05) is 26.3 Å². The summed E-state index contributed by atoms with van der Waals surface area (Å²) in [6.07, 6.45) is 1.83. The molecule has 4 rings (SSSR count). The average molecular weight is 487 g/mol. The van der Waals surface area contributed by atoms with Crippen molar-refractivity contribution in [1.82, 2.24) is 9.47 Å². The maximum absolute atomic E-state index is 13.8. The van der Waals surface area contributed by atoms with Gasteiger partial charge in [-0.3, -0.25) is 9.69 Å². The molecule has 1 aromatic heterocycles. The predicted molar refractivity (Wildman–Crippen MR) is 134 cm³/mol. The molecular weight excluding hydrogens is 460 g/mol. The van der Waals surface area contributed by atoms with Gasteiger partial charge in [-0.25, -0.2) is 9.63 Å². The van der Waals surface area contributed by atoms with Gasteiger partial charge in [-0.2, -0.15) is 0 Å². The van der Waals surface area contributed by atoms with Gasteiger partial charge < -0.3 is 18.9 Å². The number of morpholine rings is 1. The largest absolute Gasteiger partial charge is 0.379 e. The molecule has 0 spiro atoms. The van der Waals surface area contributed by atoms with Crippen LogP contribution >= 0.6 is 0 Å². The molecule has 9 heteroatoms. The van der Waals surface area contributed by atoms with Crippen LogP contribution < -0.4 is 0 Å². The van der Waals surface area contributed by atoms with E-state index in [1.54, 1.807) is 24.3 Å². The molecule has 0 radical (unpaired) electrons. The van der Waals surface area contributed by atoms with Gasteiger partial charge in [-0.05, 0) is 32.0 Å². The fourth-order valence-corrected chi connectivity index (χ4v) is 4.29. The van der Waals surface area contributed by atoms with Crippen LogP contribution in [0.2, 0.25) is 0 Å². The lowest BCUT2D eigenvalue weighted by Crippen LogP contribution is -2.54. The van der Waals surface area contributed by atoms with E-state index in [1.165, 1.54) is 0 Å². The molecule has 36 heavy (non-hydrogen) atoms. The van der Waals surface area contributed by atoms with Gasteiger partial charge in [-0.15, -0.1) is 0 Å². The van der Waals surface area contributed by atoms with E-state index in [2.05, 4.69) is 19.7 Å². The number of hydrogen-bond acceptors (Lipinski definition) is 7. The Morgan fingerprint density at radius 3 is 2.36 bits per heavy atom. The number of amidine groups is 1. The SMILES string of the molecule is [C-]#[N+]/C(=N\OC(C)=O)C(=O)c1ccc(-n2cc(C(=O)C(C)(C)N3CCOCC3)c3ccccc32)cc1. The van der Waals surface area contributed by atoms with Crippen molar-refractivity contribution in [3.05, 3.63) is 77.3 Å². The van der Waals surface area contributed by atoms with Crippen molar-refractivity contribution in [1.29, 1.82) is 0 Å². The molecule has 3 aromatic rings. The minimum atomic E-state index is -0.721. The Bertz CT molecular complexity index is 1390. The van der Waals surface area contributed by atoms with Crippen molar-refractivity contribution < 1.29 is 24.0 Å². The number of carbonyl (C=O) groups is 3. The summed E-state index contributed by atoms with van der Waals surface area (Å²) in [4.78, 5) is 47.0. The summed E-state index contributed by atoms with van der Waals surface area (Å²) in [5.41, 5.74) is 1.74. The molecule has 0 N–H and O–H groups in total. The third kappa shape index (κ3) is 4.82. The first-order valence-electron chi connectivity index (χ1n) is 11.5. The number of Topliss-reactive ketones (excluding diaryl/α,β-unsaturated/α-hetero) is 2. The van der Waals surface area contributed by atoms with E-state index in [0.717, 1.165) is 23.5 Å². The predicted octanol–water partition coefficient (Wildman–Crippen LogP) is 3.90. The normalized spacial score (nSPS) is 14.9. The van der Waals surface area contributed by atoms with E-state index >= 15 is 0 Å². The topological polar surface area (TPSA) is 94.6 Å². The molecule has 184 valence electrons. The minimum absolute atomic E-state index is 0.0227. The summed E-state index contributed by atoms with van der Waals surface area (Å²) in [7, 11) is 0. The standard InChI is InChI=1S/C27H26N4O5/c1-18(32)36-29-26(28-4)24(33)19-9-11-20(12-10-19)31-17-22(21-7-5-6-8-23(21)31)25(34)27(2,3)30-13-15-35-16-14-30/h5-12,17H,13-16H2,1-3H3/b29-26-. The second-order valence-electron chi connectivity index (χ2n) is 8.90. The molecule has 9 nitrogen and oxygen atoms in total. The first-order chi connectivity index (χ1) is 17.2. The maximum atomic E-state index is 13.8. The summed E-state index contributed by atoms with van der Waals surface area (Å²) in [5, 5.41) is 4.17. The Morgan fingerprint density at radius 1 is 1.06 bits per heavy atom. The van der Waals surface area contributed by atoms with Gasteiger partial charge in [0.15, 0.2) is 5.78 Å². The molecule has 1 aliphatic heterocycles. The summed E-state index contributed by atoms with van der Waals surface area (Å²) in [6, 6.07) is 14.3. The molecule has 1 aliphatic rings. The number of oxime groups is 1. The van der Waals surface area contributed by atoms with Gasteiger partial charge in [0.05, 0.1) is 29.4 Å². The zero-order chi connectivity index (χ0) is 25.9. The van der Waals surface area contributed by atoms with E-state index in [9.17, 15) is 14.4 Å². The van der Waals surface area contributed by atoms with Crippen molar-refractivity contribution >= 4 is 34.3 Å². The summed E-state index contributed by atoms with van der Waals surface area (Å²) < 4.78 is 7.37. The zero-order valence-electron chi connectivity index (χ0n) is 20.4. The lowest BCUT2D eigenvalue weighted by atomic mass is 9.90. The van der Waals surface area contributed by atoms with Gasteiger partial charge >= 0.3 is 11.8 Å². The molecule has 1 fully saturated rings. The highest BCUT2D eigenvalue weighted by Gasteiger charge is 2.37. The van der Waals surface area contributed by atoms with Crippen LogP contribution in [-0.2, 0) is 14.4 Å². The van der Waals surface area contributed by atoms with Crippen molar-refractivity contribution in [2.24, 2.45) is 5.16 Å². The van der Waals surface area contributed by atoms with Crippen LogP contribution in [0.25, 0.3) is 21.4 Å². The fraction of sp³-hybridized carbons (Fsp3) is 0.296. The Balaban J connectivity index is 1.68. The van der Waals surface area contributed by atoms with Crippen molar-refractivity contribution in [2.45, 2.75) is 26.3 Å². The first kappa shape index (κ1) is 25.0. The highest BCUT2D eigenvalue weighted by Crippen LogP contribution is 2.30. The number of para-hydroxylation sites is 1. The number of hydrogen-bond donors (Lipinski definition) is 0. The Labute approximate surface area is 208 Å². The Kier molecular flexibility index (Phi) is 7.10. The molecule has 0 unspecified atom stereocenters. The van der Waals surface area contributed by atoms with Crippen LogP contribution in [0.4, 0.5) is 0 Å². The van der Waals surface area contributed by atoms with E-state index < -0.39 is 23.1 Å². The van der Waals surface area contributed by atoms with E-state index in [4.69, 9.17) is 11.3 Å². The quantitative estimate of drug-likeness (QED) is 0.126. The Hall–Kier alpha value is -4.13. The van der Waals surface area contributed by atoms with Crippen LogP contribution in [0.1, 0.15) is 41.5 Å². The summed E-state index contributed by atoms with van der Waals surface area (Å²) in [5.74, 6) is -1.89. The highest BCUT2D eigenvalue weighted by atomic mass is 16.7. The number of nitrogens with zero attached hydrogens (tertiary/aromatic N) is 4. The van der Waals surface area contributed by atoms with Crippen LogP contribution in [0.3, 0.4) is 0 Å². The van der Waals surface area contributed by atoms with Gasteiger partial charge in [0.25, 0.3) is 0 Å². The van der Waals surface area contributed by atoms with E-state index in [1.807, 2.05) is 48.9 Å². The third-order valence-electron chi connectivity index (χ3n) is 6.29. The first-order valence-corrected chi connectivity index (χ1v) is 11.5. The summed E-state index contributed by atoms with van der Waals surface area (Å²) in [6.45, 7) is 14.8. The van der Waals surface area contributed by atoms with E-state index in [-0.39, 0.29) is 11.3 Å². The second kappa shape index (κ2) is 10.2. The molecule has 2 heterocycles. The van der Waals surface area contributed by atoms with Gasteiger partial charge in [-0.1, -0.05) is 36.9 Å². The number of ketones is 2. The lowest BCUT2D eigenvalue weighted by molar-refractivity contribution is -0.140. The summed E-state index contributed by atoms with van der Waals surface area (Å²) >= 11 is 0. The molecule has 0 atom stereocenters. The molecule has 0 saturated carbocycles. The molecule has 2 aromatic carbocycles. The van der Waals surface area contributed by atoms with Crippen LogP contribution in [-0.4, -0.2) is 64.7 Å². The molecule has 0 aliphatic carbocycles. The number of fused-ring (bicyclic) bond motifs is 1. The monoisotopic (exact) mass is 486 g/mol. The number of benzene rings is 2. The van der Waals surface area contributed by atoms with Gasteiger partial charge in [0.1, 0.15) is 0 Å². The van der Waals surface area contributed by atoms with Crippen LogP contribution in [0.5, 0.6) is 0 Å². The minimum Gasteiger partial charge on any atom is -0.379 e. The van der Waals surface area contributed by atoms with Gasteiger partial charge in [0.2, 0.25) is 5.78 Å².